The maximum atomic E-state index is 10.5. The zero-order valence-corrected chi connectivity index (χ0v) is 10.8. The first kappa shape index (κ1) is 13.0. The van der Waals surface area contributed by atoms with E-state index in [0.29, 0.717) is 6.04 Å². The van der Waals surface area contributed by atoms with Gasteiger partial charge in [0.2, 0.25) is 0 Å². The number of nitrogens with one attached hydrogen (secondary N) is 1. The van der Waals surface area contributed by atoms with E-state index >= 15 is 0 Å². The Hall–Kier alpha value is -1.42. The van der Waals surface area contributed by atoms with E-state index in [4.69, 9.17) is 0 Å². The van der Waals surface area contributed by atoms with E-state index in [2.05, 4.69) is 12.2 Å². The number of nitro benzene ring substituents is 1. The predicted octanol–water partition coefficient (Wildman–Crippen LogP) is 2.92. The first-order chi connectivity index (χ1) is 8.66. The molecular weight excluding hydrogens is 228 g/mol. The van der Waals surface area contributed by atoms with E-state index in [1.165, 1.54) is 19.3 Å². The van der Waals surface area contributed by atoms with E-state index in [0.717, 1.165) is 24.4 Å². The number of nitrogens with zero attached hydrogens (tertiary/aromatic N) is 1. The average molecular weight is 248 g/mol. The fourth-order valence-electron chi connectivity index (χ4n) is 2.34. The van der Waals surface area contributed by atoms with Gasteiger partial charge in [0, 0.05) is 18.2 Å². The molecule has 0 aliphatic heterocycles. The van der Waals surface area contributed by atoms with Crippen LogP contribution < -0.4 is 5.32 Å². The zero-order chi connectivity index (χ0) is 13.0. The molecule has 1 aliphatic rings. The minimum Gasteiger partial charge on any atom is -0.314 e. The van der Waals surface area contributed by atoms with Crippen LogP contribution in [-0.2, 0) is 6.42 Å². The van der Waals surface area contributed by atoms with Gasteiger partial charge in [0.15, 0.2) is 0 Å². The van der Waals surface area contributed by atoms with Crippen LogP contribution in [0.15, 0.2) is 24.3 Å². The molecule has 1 atom stereocenters. The third-order valence-corrected chi connectivity index (χ3v) is 3.88. The monoisotopic (exact) mass is 248 g/mol. The Balaban J connectivity index is 1.74. The summed E-state index contributed by atoms with van der Waals surface area (Å²) >= 11 is 0. The first-order valence-electron chi connectivity index (χ1n) is 6.63. The lowest BCUT2D eigenvalue weighted by Gasteiger charge is -2.32. The van der Waals surface area contributed by atoms with Crippen molar-refractivity contribution < 1.29 is 4.92 Å². The summed E-state index contributed by atoms with van der Waals surface area (Å²) < 4.78 is 0. The van der Waals surface area contributed by atoms with Crippen LogP contribution in [0.5, 0.6) is 0 Å². The molecule has 0 spiro atoms. The lowest BCUT2D eigenvalue weighted by molar-refractivity contribution is -0.384. The maximum absolute atomic E-state index is 10.5. The Bertz CT molecular complexity index is 399. The van der Waals surface area contributed by atoms with Crippen LogP contribution in [0.2, 0.25) is 0 Å². The van der Waals surface area contributed by atoms with Crippen LogP contribution in [0.25, 0.3) is 0 Å². The predicted molar refractivity (Wildman–Crippen MR) is 71.6 cm³/mol. The summed E-state index contributed by atoms with van der Waals surface area (Å²) in [6.07, 6.45) is 5.01. The van der Waals surface area contributed by atoms with Gasteiger partial charge >= 0.3 is 0 Å². The van der Waals surface area contributed by atoms with Crippen molar-refractivity contribution in [3.8, 4) is 0 Å². The summed E-state index contributed by atoms with van der Waals surface area (Å²) in [6, 6.07) is 7.42. The smallest absolute Gasteiger partial charge is 0.269 e. The van der Waals surface area contributed by atoms with Crippen molar-refractivity contribution in [2.45, 2.75) is 38.6 Å². The molecule has 1 unspecified atom stereocenters. The molecule has 4 heteroatoms. The van der Waals surface area contributed by atoms with Crippen molar-refractivity contribution in [2.75, 3.05) is 6.54 Å². The molecule has 4 nitrogen and oxygen atoms in total. The van der Waals surface area contributed by atoms with Crippen molar-refractivity contribution in [3.05, 3.63) is 39.9 Å². The van der Waals surface area contributed by atoms with Gasteiger partial charge in [-0.2, -0.15) is 0 Å². The van der Waals surface area contributed by atoms with E-state index in [1.807, 2.05) is 12.1 Å². The lowest BCUT2D eigenvalue weighted by Crippen LogP contribution is -2.38. The summed E-state index contributed by atoms with van der Waals surface area (Å²) in [7, 11) is 0. The SMILES string of the molecule is CC(NCCc1ccc([N+](=O)[O-])cc1)C1CCC1. The topological polar surface area (TPSA) is 55.2 Å². The molecule has 18 heavy (non-hydrogen) atoms. The molecule has 1 aromatic rings. The fourth-order valence-corrected chi connectivity index (χ4v) is 2.34. The minimum absolute atomic E-state index is 0.162. The van der Waals surface area contributed by atoms with Crippen LogP contribution in [0.1, 0.15) is 31.7 Å². The van der Waals surface area contributed by atoms with E-state index in [9.17, 15) is 10.1 Å². The molecule has 1 N–H and O–H groups in total. The second-order valence-corrected chi connectivity index (χ2v) is 5.11. The van der Waals surface area contributed by atoms with Gasteiger partial charge in [-0.15, -0.1) is 0 Å². The Kier molecular flexibility index (Phi) is 4.31. The van der Waals surface area contributed by atoms with Gasteiger partial charge in [0.25, 0.3) is 5.69 Å². The number of non-ortho nitro benzene ring substituents is 1. The van der Waals surface area contributed by atoms with E-state index in [1.54, 1.807) is 12.1 Å². The number of hydrogen-bond acceptors (Lipinski definition) is 3. The molecule has 0 bridgehead atoms. The summed E-state index contributed by atoms with van der Waals surface area (Å²) in [4.78, 5) is 10.2. The Labute approximate surface area is 108 Å². The highest BCUT2D eigenvalue weighted by Gasteiger charge is 2.22. The average Bonchev–Trinajstić information content (AvgIpc) is 2.27. The Morgan fingerprint density at radius 3 is 2.56 bits per heavy atom. The van der Waals surface area contributed by atoms with Crippen molar-refractivity contribution >= 4 is 5.69 Å². The molecule has 1 fully saturated rings. The normalized spacial score (nSPS) is 17.2. The van der Waals surface area contributed by atoms with Gasteiger partial charge in [-0.1, -0.05) is 18.6 Å². The second kappa shape index (κ2) is 5.96. The van der Waals surface area contributed by atoms with Crippen LogP contribution in [0.3, 0.4) is 0 Å². The standard InChI is InChI=1S/C14H20N2O2/c1-11(13-3-2-4-13)15-10-9-12-5-7-14(8-6-12)16(17)18/h5-8,11,13,15H,2-4,9-10H2,1H3. The van der Waals surface area contributed by atoms with Crippen LogP contribution in [-0.4, -0.2) is 17.5 Å². The Morgan fingerprint density at radius 1 is 1.39 bits per heavy atom. The number of nitro groups is 1. The minimum atomic E-state index is -0.360. The molecule has 98 valence electrons. The van der Waals surface area contributed by atoms with Crippen molar-refractivity contribution in [3.63, 3.8) is 0 Å². The highest BCUT2D eigenvalue weighted by molar-refractivity contribution is 5.32. The Morgan fingerprint density at radius 2 is 2.06 bits per heavy atom. The summed E-state index contributed by atoms with van der Waals surface area (Å²) in [6.45, 7) is 3.19. The third kappa shape index (κ3) is 3.29. The van der Waals surface area contributed by atoms with Crippen molar-refractivity contribution in [2.24, 2.45) is 5.92 Å². The molecule has 1 saturated carbocycles. The highest BCUT2D eigenvalue weighted by Crippen LogP contribution is 2.29. The first-order valence-corrected chi connectivity index (χ1v) is 6.63. The molecule has 2 rings (SSSR count). The van der Waals surface area contributed by atoms with Gasteiger partial charge in [0.05, 0.1) is 4.92 Å². The summed E-state index contributed by atoms with van der Waals surface area (Å²) in [5, 5.41) is 14.1. The van der Waals surface area contributed by atoms with Crippen LogP contribution in [0, 0.1) is 16.0 Å². The summed E-state index contributed by atoms with van der Waals surface area (Å²) in [5.41, 5.74) is 1.31. The number of benzene rings is 1. The largest absolute Gasteiger partial charge is 0.314 e. The van der Waals surface area contributed by atoms with Crippen molar-refractivity contribution in [1.29, 1.82) is 0 Å². The lowest BCUT2D eigenvalue weighted by atomic mass is 9.80. The molecule has 0 heterocycles. The molecular formula is C14H20N2O2. The van der Waals surface area contributed by atoms with E-state index < -0.39 is 0 Å². The number of hydrogen-bond donors (Lipinski definition) is 1. The second-order valence-electron chi connectivity index (χ2n) is 5.11. The highest BCUT2D eigenvalue weighted by atomic mass is 16.6. The molecule has 0 saturated heterocycles. The number of rotatable bonds is 6. The van der Waals surface area contributed by atoms with Gasteiger partial charge in [-0.25, -0.2) is 0 Å². The van der Waals surface area contributed by atoms with E-state index in [-0.39, 0.29) is 10.6 Å². The van der Waals surface area contributed by atoms with Gasteiger partial charge in [-0.05, 0) is 44.2 Å². The fraction of sp³-hybridized carbons (Fsp3) is 0.571. The van der Waals surface area contributed by atoms with Crippen LogP contribution in [0.4, 0.5) is 5.69 Å². The quantitative estimate of drug-likeness (QED) is 0.622. The molecule has 0 amide bonds. The van der Waals surface area contributed by atoms with Crippen molar-refractivity contribution in [1.82, 2.24) is 5.32 Å². The molecule has 0 radical (unpaired) electrons. The zero-order valence-electron chi connectivity index (χ0n) is 10.8. The van der Waals surface area contributed by atoms with Crippen LogP contribution >= 0.6 is 0 Å². The molecule has 1 aliphatic carbocycles. The molecule has 1 aromatic carbocycles. The van der Waals surface area contributed by atoms with Gasteiger partial charge in [0.1, 0.15) is 0 Å². The summed E-state index contributed by atoms with van der Waals surface area (Å²) in [5.74, 6) is 0.849. The maximum Gasteiger partial charge on any atom is 0.269 e. The van der Waals surface area contributed by atoms with Gasteiger partial charge < -0.3 is 5.32 Å². The third-order valence-electron chi connectivity index (χ3n) is 3.88. The van der Waals surface area contributed by atoms with Gasteiger partial charge in [-0.3, -0.25) is 10.1 Å². The molecule has 0 aromatic heterocycles.